The molecule has 0 radical (unpaired) electrons. The lowest BCUT2D eigenvalue weighted by atomic mass is 10.2. The summed E-state index contributed by atoms with van der Waals surface area (Å²) in [7, 11) is -4.02. The number of carbonyl (C=O) groups is 1. The van der Waals surface area contributed by atoms with Crippen LogP contribution in [0.25, 0.3) is 0 Å². The van der Waals surface area contributed by atoms with E-state index in [0.717, 1.165) is 11.8 Å². The average molecular weight is 244 g/mol. The van der Waals surface area contributed by atoms with Crippen molar-refractivity contribution in [2.75, 3.05) is 6.61 Å². The fourth-order valence-corrected chi connectivity index (χ4v) is 1.32. The van der Waals surface area contributed by atoms with Crippen LogP contribution in [0.2, 0.25) is 0 Å². The SMILES string of the molecule is Cc1ccc(S(=O)(=O)O)cc1.O=CC1CO1. The summed E-state index contributed by atoms with van der Waals surface area (Å²) in [6, 6.07) is 5.99. The number of benzene rings is 1. The second-order valence-corrected chi connectivity index (χ2v) is 4.72. The molecular formula is C10H12O5S. The molecule has 88 valence electrons. The van der Waals surface area contributed by atoms with Crippen LogP contribution in [-0.4, -0.2) is 32.0 Å². The van der Waals surface area contributed by atoms with Crippen LogP contribution < -0.4 is 0 Å². The Morgan fingerprint density at radius 3 is 2.12 bits per heavy atom. The van der Waals surface area contributed by atoms with Gasteiger partial charge in [-0.25, -0.2) is 0 Å². The minimum Gasteiger partial charge on any atom is -0.365 e. The zero-order valence-electron chi connectivity index (χ0n) is 8.66. The highest BCUT2D eigenvalue weighted by Crippen LogP contribution is 2.08. The standard InChI is InChI=1S/C7H8O3S.C3H4O2/c1-6-2-4-7(5-3-6)11(8,9)10;4-1-3-2-5-3/h2-5H,1H3,(H,8,9,10);1,3H,2H2. The maximum absolute atomic E-state index is 10.5. The van der Waals surface area contributed by atoms with Gasteiger partial charge in [-0.3, -0.25) is 4.55 Å². The molecule has 1 aromatic carbocycles. The molecule has 1 aliphatic rings. The molecule has 1 fully saturated rings. The Morgan fingerprint density at radius 1 is 1.38 bits per heavy atom. The van der Waals surface area contributed by atoms with E-state index in [1.54, 1.807) is 12.1 Å². The molecule has 0 bridgehead atoms. The number of hydrogen-bond donors (Lipinski definition) is 1. The van der Waals surface area contributed by atoms with Crippen molar-refractivity contribution >= 4 is 16.4 Å². The summed E-state index contributed by atoms with van der Waals surface area (Å²) in [5.41, 5.74) is 0.956. The van der Waals surface area contributed by atoms with Gasteiger partial charge in [-0.2, -0.15) is 8.42 Å². The Balaban J connectivity index is 0.000000212. The summed E-state index contributed by atoms with van der Waals surface area (Å²) >= 11 is 0. The van der Waals surface area contributed by atoms with Gasteiger partial charge in [0.15, 0.2) is 6.29 Å². The van der Waals surface area contributed by atoms with Gasteiger partial charge in [0.2, 0.25) is 0 Å². The fourth-order valence-electron chi connectivity index (χ4n) is 0.844. The van der Waals surface area contributed by atoms with Crippen LogP contribution in [0.4, 0.5) is 0 Å². The number of ether oxygens (including phenoxy) is 1. The van der Waals surface area contributed by atoms with Crippen LogP contribution in [0.5, 0.6) is 0 Å². The van der Waals surface area contributed by atoms with E-state index in [-0.39, 0.29) is 11.0 Å². The minimum absolute atomic E-state index is 0.0463. The summed E-state index contributed by atoms with van der Waals surface area (Å²) in [6.45, 7) is 2.48. The molecule has 0 spiro atoms. The average Bonchev–Trinajstić information content (AvgIpc) is 3.01. The summed E-state index contributed by atoms with van der Waals surface area (Å²) < 4.78 is 34.0. The van der Waals surface area contributed by atoms with Gasteiger partial charge in [0.25, 0.3) is 10.1 Å². The van der Waals surface area contributed by atoms with Gasteiger partial charge in [0.1, 0.15) is 6.10 Å². The van der Waals surface area contributed by atoms with E-state index in [2.05, 4.69) is 4.74 Å². The van der Waals surface area contributed by atoms with Gasteiger partial charge in [-0.1, -0.05) is 17.7 Å². The molecule has 0 aromatic heterocycles. The van der Waals surface area contributed by atoms with E-state index in [1.165, 1.54) is 12.1 Å². The van der Waals surface area contributed by atoms with Crippen LogP contribution >= 0.6 is 0 Å². The van der Waals surface area contributed by atoms with Crippen molar-refractivity contribution in [2.45, 2.75) is 17.9 Å². The molecule has 1 atom stereocenters. The van der Waals surface area contributed by atoms with Crippen LogP contribution in [0, 0.1) is 6.92 Å². The highest BCUT2D eigenvalue weighted by molar-refractivity contribution is 7.85. The molecular weight excluding hydrogens is 232 g/mol. The van der Waals surface area contributed by atoms with Crippen LogP contribution in [0.15, 0.2) is 29.2 Å². The third kappa shape index (κ3) is 4.52. The van der Waals surface area contributed by atoms with Crippen molar-refractivity contribution in [1.82, 2.24) is 0 Å². The number of aryl methyl sites for hydroxylation is 1. The predicted molar refractivity (Wildman–Crippen MR) is 56.8 cm³/mol. The molecule has 0 amide bonds. The molecule has 2 rings (SSSR count). The molecule has 5 nitrogen and oxygen atoms in total. The van der Waals surface area contributed by atoms with E-state index in [4.69, 9.17) is 4.55 Å². The summed E-state index contributed by atoms with van der Waals surface area (Å²) in [5.74, 6) is 0. The lowest BCUT2D eigenvalue weighted by Crippen LogP contribution is -1.96. The van der Waals surface area contributed by atoms with Gasteiger partial charge in [-0.15, -0.1) is 0 Å². The first kappa shape index (κ1) is 12.8. The maximum atomic E-state index is 10.5. The lowest BCUT2D eigenvalue weighted by Gasteiger charge is -1.95. The van der Waals surface area contributed by atoms with Crippen molar-refractivity contribution in [2.24, 2.45) is 0 Å². The quantitative estimate of drug-likeness (QED) is 0.473. The molecule has 6 heteroatoms. The topological polar surface area (TPSA) is 84.0 Å². The zero-order valence-corrected chi connectivity index (χ0v) is 9.48. The zero-order chi connectivity index (χ0) is 12.2. The van der Waals surface area contributed by atoms with E-state index in [0.29, 0.717) is 6.61 Å². The Hall–Kier alpha value is -1.24. The van der Waals surface area contributed by atoms with Crippen molar-refractivity contribution in [3.63, 3.8) is 0 Å². The summed E-state index contributed by atoms with van der Waals surface area (Å²) in [5, 5.41) is 0. The highest BCUT2D eigenvalue weighted by Gasteiger charge is 2.19. The molecule has 1 heterocycles. The van der Waals surface area contributed by atoms with E-state index in [1.807, 2.05) is 6.92 Å². The van der Waals surface area contributed by atoms with Crippen LogP contribution in [0.3, 0.4) is 0 Å². The third-order valence-electron chi connectivity index (χ3n) is 1.83. The Kier molecular flexibility index (Phi) is 4.17. The summed E-state index contributed by atoms with van der Waals surface area (Å²) in [4.78, 5) is 9.38. The second kappa shape index (κ2) is 5.20. The molecule has 0 saturated carbocycles. The lowest BCUT2D eigenvalue weighted by molar-refractivity contribution is -0.108. The van der Waals surface area contributed by atoms with Gasteiger partial charge < -0.3 is 9.53 Å². The molecule has 1 aliphatic heterocycles. The Bertz CT molecular complexity index is 445. The predicted octanol–water partition coefficient (Wildman–Crippen LogP) is 0.826. The first-order valence-electron chi connectivity index (χ1n) is 4.54. The molecule has 1 N–H and O–H groups in total. The molecule has 1 saturated heterocycles. The fraction of sp³-hybridized carbons (Fsp3) is 0.300. The van der Waals surface area contributed by atoms with Crippen LogP contribution in [-0.2, 0) is 19.6 Å². The number of hydrogen-bond acceptors (Lipinski definition) is 4. The van der Waals surface area contributed by atoms with Gasteiger partial charge >= 0.3 is 0 Å². The van der Waals surface area contributed by atoms with E-state index >= 15 is 0 Å². The normalized spacial score (nSPS) is 18.2. The monoisotopic (exact) mass is 244 g/mol. The van der Waals surface area contributed by atoms with Crippen molar-refractivity contribution < 1.29 is 22.5 Å². The first-order valence-corrected chi connectivity index (χ1v) is 5.98. The van der Waals surface area contributed by atoms with E-state index < -0.39 is 10.1 Å². The number of carbonyl (C=O) groups excluding carboxylic acids is 1. The van der Waals surface area contributed by atoms with Gasteiger partial charge in [-0.05, 0) is 19.1 Å². The smallest absolute Gasteiger partial charge is 0.294 e. The number of aldehydes is 1. The number of epoxide rings is 1. The van der Waals surface area contributed by atoms with Crippen molar-refractivity contribution in [1.29, 1.82) is 0 Å². The van der Waals surface area contributed by atoms with E-state index in [9.17, 15) is 13.2 Å². The third-order valence-corrected chi connectivity index (χ3v) is 2.70. The van der Waals surface area contributed by atoms with Crippen LogP contribution in [0.1, 0.15) is 5.56 Å². The Labute approximate surface area is 93.8 Å². The maximum Gasteiger partial charge on any atom is 0.294 e. The molecule has 1 aromatic rings. The van der Waals surface area contributed by atoms with Gasteiger partial charge in [0, 0.05) is 0 Å². The first-order chi connectivity index (χ1) is 7.43. The number of rotatable bonds is 2. The molecule has 16 heavy (non-hydrogen) atoms. The largest absolute Gasteiger partial charge is 0.365 e. The summed E-state index contributed by atoms with van der Waals surface area (Å²) in [6.07, 6.45) is 0.759. The Morgan fingerprint density at radius 2 is 1.88 bits per heavy atom. The van der Waals surface area contributed by atoms with Crippen molar-refractivity contribution in [3.8, 4) is 0 Å². The molecule has 1 unspecified atom stereocenters. The second-order valence-electron chi connectivity index (χ2n) is 3.30. The van der Waals surface area contributed by atoms with Gasteiger partial charge in [0.05, 0.1) is 11.5 Å². The molecule has 0 aliphatic carbocycles. The highest BCUT2D eigenvalue weighted by atomic mass is 32.2. The van der Waals surface area contributed by atoms with Crippen molar-refractivity contribution in [3.05, 3.63) is 29.8 Å². The minimum atomic E-state index is -4.02.